The number of likely N-dealkylation sites (tertiary alicyclic amines) is 1. The van der Waals surface area contributed by atoms with Gasteiger partial charge < -0.3 is 10.1 Å². The van der Waals surface area contributed by atoms with Crippen LogP contribution in [0.2, 0.25) is 0 Å². The smallest absolute Gasteiger partial charge is 0.234 e. The first kappa shape index (κ1) is 16.0. The van der Waals surface area contributed by atoms with E-state index in [0.717, 1.165) is 5.56 Å². The van der Waals surface area contributed by atoms with E-state index in [-0.39, 0.29) is 36.4 Å². The number of carbonyl (C=O) groups excluding carboxylic acids is 2. The average molecular weight is 321 g/mol. The summed E-state index contributed by atoms with van der Waals surface area (Å²) in [7, 11) is 0. The number of hydrogen-bond acceptors (Lipinski definition) is 5. The molecule has 2 N–H and O–H groups in total. The van der Waals surface area contributed by atoms with E-state index >= 15 is 0 Å². The fraction of sp³-hybridized carbons (Fsp3) is 0.500. The first-order chi connectivity index (χ1) is 11.1. The molecular weight excluding hydrogens is 301 g/mol. The summed E-state index contributed by atoms with van der Waals surface area (Å²) < 4.78 is 19.0. The molecule has 2 saturated heterocycles. The van der Waals surface area contributed by atoms with Crippen LogP contribution in [-0.4, -0.2) is 55.4 Å². The number of ketones is 1. The lowest BCUT2D eigenvalue weighted by Gasteiger charge is -2.16. The molecule has 2 aliphatic heterocycles. The van der Waals surface area contributed by atoms with Gasteiger partial charge in [0.15, 0.2) is 0 Å². The molecule has 1 aromatic carbocycles. The first-order valence-electron chi connectivity index (χ1n) is 7.75. The van der Waals surface area contributed by atoms with Crippen LogP contribution in [0, 0.1) is 5.82 Å². The highest BCUT2D eigenvalue weighted by atomic mass is 19.1. The lowest BCUT2D eigenvalue weighted by Crippen LogP contribution is -2.40. The van der Waals surface area contributed by atoms with Crippen molar-refractivity contribution in [3.63, 3.8) is 0 Å². The van der Waals surface area contributed by atoms with Gasteiger partial charge >= 0.3 is 0 Å². The van der Waals surface area contributed by atoms with E-state index in [1.54, 1.807) is 12.1 Å². The van der Waals surface area contributed by atoms with Crippen molar-refractivity contribution in [3.8, 4) is 0 Å². The van der Waals surface area contributed by atoms with E-state index in [1.807, 2.05) is 4.90 Å². The molecule has 0 spiro atoms. The molecule has 124 valence electrons. The van der Waals surface area contributed by atoms with Gasteiger partial charge in [0.1, 0.15) is 17.8 Å². The maximum absolute atomic E-state index is 13.2. The van der Waals surface area contributed by atoms with Crippen molar-refractivity contribution >= 4 is 11.7 Å². The summed E-state index contributed by atoms with van der Waals surface area (Å²) in [5.41, 5.74) is 0.731. The lowest BCUT2D eigenvalue weighted by atomic mass is 10.2. The van der Waals surface area contributed by atoms with Crippen LogP contribution in [0.1, 0.15) is 18.2 Å². The van der Waals surface area contributed by atoms with Gasteiger partial charge in [-0.25, -0.2) is 4.39 Å². The number of Topliss-reactive ketones (excluding diaryl/α,β-unsaturated/α-hetero) is 1. The average Bonchev–Trinajstić information content (AvgIpc) is 3.14. The molecule has 0 bridgehead atoms. The number of nitrogens with one attached hydrogen (secondary N) is 2. The van der Waals surface area contributed by atoms with Crippen LogP contribution < -0.4 is 10.6 Å². The minimum absolute atomic E-state index is 0.113. The van der Waals surface area contributed by atoms with Gasteiger partial charge in [-0.3, -0.25) is 19.8 Å². The van der Waals surface area contributed by atoms with Crippen LogP contribution >= 0.6 is 0 Å². The van der Waals surface area contributed by atoms with E-state index in [2.05, 4.69) is 10.6 Å². The number of amides is 1. The topological polar surface area (TPSA) is 70.7 Å². The molecule has 3 rings (SSSR count). The summed E-state index contributed by atoms with van der Waals surface area (Å²) in [6.45, 7) is 2.22. The summed E-state index contributed by atoms with van der Waals surface area (Å²) in [5, 5.41) is 5.98. The first-order valence-corrected chi connectivity index (χ1v) is 7.75. The van der Waals surface area contributed by atoms with Gasteiger partial charge in [-0.2, -0.15) is 0 Å². The van der Waals surface area contributed by atoms with E-state index in [0.29, 0.717) is 32.6 Å². The number of ether oxygens (including phenoxy) is 1. The summed E-state index contributed by atoms with van der Waals surface area (Å²) >= 11 is 0. The Morgan fingerprint density at radius 1 is 1.48 bits per heavy atom. The second kappa shape index (κ2) is 7.16. The van der Waals surface area contributed by atoms with Gasteiger partial charge in [-0.05, 0) is 17.7 Å². The predicted octanol–water partition coefficient (Wildman–Crippen LogP) is 0.204. The predicted molar refractivity (Wildman–Crippen MR) is 81.1 cm³/mol. The fourth-order valence-corrected chi connectivity index (χ4v) is 2.83. The second-order valence-electron chi connectivity index (χ2n) is 5.90. The molecule has 2 aliphatic rings. The molecule has 0 aliphatic carbocycles. The lowest BCUT2D eigenvalue weighted by molar-refractivity contribution is -0.122. The van der Waals surface area contributed by atoms with Crippen LogP contribution in [-0.2, 0) is 14.3 Å². The van der Waals surface area contributed by atoms with Gasteiger partial charge in [0, 0.05) is 26.1 Å². The molecule has 0 saturated carbocycles. The van der Waals surface area contributed by atoms with Gasteiger partial charge in [-0.15, -0.1) is 0 Å². The van der Waals surface area contributed by atoms with Crippen LogP contribution in [0.15, 0.2) is 24.3 Å². The molecular formula is C16H20FN3O3. The Kier molecular flexibility index (Phi) is 5.00. The van der Waals surface area contributed by atoms with Crippen molar-refractivity contribution in [1.82, 2.24) is 15.5 Å². The normalized spacial score (nSPS) is 25.0. The second-order valence-corrected chi connectivity index (χ2v) is 5.90. The standard InChI is InChI=1S/C16H20FN3O3/c17-12-3-1-2-11(6-12)16-19-8-14(23-16)7-18-15(22)10-20-5-4-13(21)9-20/h1-3,6,14,16,19H,4-5,7-10H2,(H,18,22). The summed E-state index contributed by atoms with van der Waals surface area (Å²) in [5.74, 6) is -0.235. The third kappa shape index (κ3) is 4.34. The van der Waals surface area contributed by atoms with Crippen LogP contribution in [0.4, 0.5) is 4.39 Å². The van der Waals surface area contributed by atoms with Crippen molar-refractivity contribution in [2.45, 2.75) is 18.8 Å². The molecule has 2 fully saturated rings. The molecule has 1 aromatic rings. The highest BCUT2D eigenvalue weighted by Gasteiger charge is 2.27. The van der Waals surface area contributed by atoms with E-state index < -0.39 is 0 Å². The quantitative estimate of drug-likeness (QED) is 0.811. The van der Waals surface area contributed by atoms with Crippen LogP contribution in [0.25, 0.3) is 0 Å². The Bertz CT molecular complexity index is 596. The van der Waals surface area contributed by atoms with Gasteiger partial charge in [-0.1, -0.05) is 12.1 Å². The Balaban J connectivity index is 1.41. The fourth-order valence-electron chi connectivity index (χ4n) is 2.83. The van der Waals surface area contributed by atoms with Crippen molar-refractivity contribution in [3.05, 3.63) is 35.6 Å². The van der Waals surface area contributed by atoms with E-state index in [1.165, 1.54) is 12.1 Å². The highest BCUT2D eigenvalue weighted by molar-refractivity contribution is 5.84. The zero-order chi connectivity index (χ0) is 16.2. The zero-order valence-electron chi connectivity index (χ0n) is 12.8. The maximum atomic E-state index is 13.2. The molecule has 23 heavy (non-hydrogen) atoms. The molecule has 0 radical (unpaired) electrons. The molecule has 1 amide bonds. The van der Waals surface area contributed by atoms with E-state index in [9.17, 15) is 14.0 Å². The molecule has 2 atom stereocenters. The minimum atomic E-state index is -0.358. The Hall–Kier alpha value is -1.83. The third-order valence-corrected chi connectivity index (χ3v) is 4.01. The van der Waals surface area contributed by atoms with Crippen molar-refractivity contribution in [2.75, 3.05) is 32.7 Å². The Labute approximate surface area is 134 Å². The third-order valence-electron chi connectivity index (χ3n) is 4.01. The number of halogens is 1. The molecule has 6 nitrogen and oxygen atoms in total. The molecule has 0 aromatic heterocycles. The molecule has 2 heterocycles. The van der Waals surface area contributed by atoms with E-state index in [4.69, 9.17) is 4.74 Å². The SMILES string of the molecule is O=C1CCN(CC(=O)NCC2CNC(c3cccc(F)c3)O2)C1. The van der Waals surface area contributed by atoms with Crippen LogP contribution in [0.5, 0.6) is 0 Å². The van der Waals surface area contributed by atoms with Crippen molar-refractivity contribution < 1.29 is 18.7 Å². The monoisotopic (exact) mass is 321 g/mol. The Morgan fingerprint density at radius 3 is 3.09 bits per heavy atom. The van der Waals surface area contributed by atoms with Crippen molar-refractivity contribution in [1.29, 1.82) is 0 Å². The largest absolute Gasteiger partial charge is 0.353 e. The highest BCUT2D eigenvalue weighted by Crippen LogP contribution is 2.21. The number of rotatable bonds is 5. The van der Waals surface area contributed by atoms with Crippen molar-refractivity contribution in [2.24, 2.45) is 0 Å². The zero-order valence-corrected chi connectivity index (χ0v) is 12.8. The van der Waals surface area contributed by atoms with Gasteiger partial charge in [0.25, 0.3) is 0 Å². The number of carbonyl (C=O) groups is 2. The summed E-state index contributed by atoms with van der Waals surface area (Å²) in [4.78, 5) is 24.9. The summed E-state index contributed by atoms with van der Waals surface area (Å²) in [6, 6.07) is 6.26. The Morgan fingerprint density at radius 2 is 2.35 bits per heavy atom. The number of benzene rings is 1. The summed E-state index contributed by atoms with van der Waals surface area (Å²) in [6.07, 6.45) is 0.00867. The van der Waals surface area contributed by atoms with Gasteiger partial charge in [0.2, 0.25) is 5.91 Å². The molecule has 7 heteroatoms. The maximum Gasteiger partial charge on any atom is 0.234 e. The molecule has 2 unspecified atom stereocenters. The minimum Gasteiger partial charge on any atom is -0.353 e. The van der Waals surface area contributed by atoms with Crippen LogP contribution in [0.3, 0.4) is 0 Å². The van der Waals surface area contributed by atoms with Gasteiger partial charge in [0.05, 0.1) is 19.2 Å². The number of nitrogens with zero attached hydrogens (tertiary/aromatic N) is 1. The number of hydrogen-bond donors (Lipinski definition) is 2.